The van der Waals surface area contributed by atoms with Gasteiger partial charge in [-0.2, -0.15) is 18.3 Å². The second-order valence-electron chi connectivity index (χ2n) is 6.07. The lowest BCUT2D eigenvalue weighted by atomic mass is 10.0. The molecule has 2 aromatic rings. The van der Waals surface area contributed by atoms with Gasteiger partial charge in [-0.3, -0.25) is 9.48 Å². The van der Waals surface area contributed by atoms with Crippen molar-refractivity contribution in [1.29, 1.82) is 0 Å². The molecule has 0 spiro atoms. The molecule has 1 aliphatic rings. The van der Waals surface area contributed by atoms with Gasteiger partial charge in [-0.05, 0) is 31.0 Å². The minimum absolute atomic E-state index is 0.0804. The molecular weight excluding hydrogens is 335 g/mol. The van der Waals surface area contributed by atoms with Gasteiger partial charge < -0.3 is 10.0 Å². The molecule has 2 atom stereocenters. The van der Waals surface area contributed by atoms with Crippen molar-refractivity contribution >= 4 is 5.91 Å². The zero-order valence-corrected chi connectivity index (χ0v) is 13.6. The van der Waals surface area contributed by atoms with Crippen molar-refractivity contribution in [3.63, 3.8) is 0 Å². The molecule has 1 aliphatic heterocycles. The maximum Gasteiger partial charge on any atom is 0.416 e. The van der Waals surface area contributed by atoms with Crippen LogP contribution in [-0.2, 0) is 12.7 Å². The summed E-state index contributed by atoms with van der Waals surface area (Å²) in [6, 6.07) is 4.30. The van der Waals surface area contributed by atoms with Gasteiger partial charge in [0.25, 0.3) is 5.91 Å². The first kappa shape index (κ1) is 17.5. The number of hydrogen-bond donors (Lipinski definition) is 1. The lowest BCUT2D eigenvalue weighted by Gasteiger charge is -2.25. The fourth-order valence-electron chi connectivity index (χ4n) is 3.09. The fraction of sp³-hybridized carbons (Fsp3) is 0.412. The van der Waals surface area contributed by atoms with Crippen LogP contribution in [0.4, 0.5) is 13.2 Å². The predicted octanol–water partition coefficient (Wildman–Crippen LogP) is 2.87. The Hall–Kier alpha value is -2.35. The smallest absolute Gasteiger partial charge is 0.391 e. The number of aromatic nitrogens is 2. The third-order valence-corrected chi connectivity index (χ3v) is 4.34. The quantitative estimate of drug-likeness (QED) is 0.923. The number of aliphatic hydroxyl groups excluding tert-OH is 1. The molecule has 0 bridgehead atoms. The number of hydrogen-bond acceptors (Lipinski definition) is 3. The van der Waals surface area contributed by atoms with Gasteiger partial charge in [0.2, 0.25) is 0 Å². The minimum atomic E-state index is -4.45. The summed E-state index contributed by atoms with van der Waals surface area (Å²) in [6.45, 7) is 2.57. The monoisotopic (exact) mass is 353 g/mol. The lowest BCUT2D eigenvalue weighted by molar-refractivity contribution is -0.137. The molecule has 1 aromatic carbocycles. The highest BCUT2D eigenvalue weighted by Gasteiger charge is 2.37. The highest BCUT2D eigenvalue weighted by atomic mass is 19.4. The fourth-order valence-corrected chi connectivity index (χ4v) is 3.09. The molecule has 8 heteroatoms. The average Bonchev–Trinajstić information content (AvgIpc) is 3.20. The van der Waals surface area contributed by atoms with Crippen LogP contribution < -0.4 is 0 Å². The number of benzene rings is 1. The van der Waals surface area contributed by atoms with Crippen molar-refractivity contribution in [2.45, 2.75) is 38.2 Å². The average molecular weight is 353 g/mol. The van der Waals surface area contributed by atoms with Crippen molar-refractivity contribution in [2.75, 3.05) is 6.54 Å². The van der Waals surface area contributed by atoms with Crippen LogP contribution in [0.1, 0.15) is 40.9 Å². The van der Waals surface area contributed by atoms with E-state index >= 15 is 0 Å². The van der Waals surface area contributed by atoms with Crippen LogP contribution >= 0.6 is 0 Å². The number of aryl methyl sites for hydroxylation is 1. The largest absolute Gasteiger partial charge is 0.416 e. The van der Waals surface area contributed by atoms with E-state index in [0.717, 1.165) is 12.1 Å². The van der Waals surface area contributed by atoms with Gasteiger partial charge >= 0.3 is 6.18 Å². The summed E-state index contributed by atoms with van der Waals surface area (Å²) in [5, 5.41) is 14.0. The second kappa shape index (κ2) is 6.51. The maximum absolute atomic E-state index is 13.0. The molecule has 0 radical (unpaired) electrons. The van der Waals surface area contributed by atoms with Crippen LogP contribution in [0, 0.1) is 0 Å². The van der Waals surface area contributed by atoms with Crippen LogP contribution in [-0.4, -0.2) is 38.3 Å². The standard InChI is InChI=1S/C17H18F3N3O2/c1-2-22-9-12(8-21-22)16(25)23-10-14(24)7-15(23)11-4-3-5-13(6-11)17(18,19)20/h3-6,8-9,14-15,24H,2,7,10H2,1H3. The number of β-amino-alcohol motifs (C(OH)–C–C–N with tert-alkyl or cyclic N) is 1. The van der Waals surface area contributed by atoms with E-state index in [9.17, 15) is 23.1 Å². The van der Waals surface area contributed by atoms with Crippen LogP contribution in [0.15, 0.2) is 36.7 Å². The summed E-state index contributed by atoms with van der Waals surface area (Å²) in [6.07, 6.45) is -2.00. The van der Waals surface area contributed by atoms with E-state index in [0.29, 0.717) is 17.7 Å². The van der Waals surface area contributed by atoms with Gasteiger partial charge in [0.05, 0.1) is 29.5 Å². The van der Waals surface area contributed by atoms with Gasteiger partial charge in [0.1, 0.15) is 0 Å². The number of rotatable bonds is 3. The van der Waals surface area contributed by atoms with Crippen molar-refractivity contribution in [2.24, 2.45) is 0 Å². The van der Waals surface area contributed by atoms with Crippen molar-refractivity contribution in [1.82, 2.24) is 14.7 Å². The number of likely N-dealkylation sites (tertiary alicyclic amines) is 1. The van der Waals surface area contributed by atoms with Crippen LogP contribution in [0.25, 0.3) is 0 Å². The molecule has 134 valence electrons. The molecular formula is C17H18F3N3O2. The molecule has 5 nitrogen and oxygen atoms in total. The number of aliphatic hydroxyl groups is 1. The lowest BCUT2D eigenvalue weighted by Crippen LogP contribution is -2.31. The Balaban J connectivity index is 1.90. The summed E-state index contributed by atoms with van der Waals surface area (Å²) in [5.41, 5.74) is -0.0480. The van der Waals surface area contributed by atoms with Gasteiger partial charge in [-0.15, -0.1) is 0 Å². The third-order valence-electron chi connectivity index (χ3n) is 4.34. The summed E-state index contributed by atoms with van der Waals surface area (Å²) >= 11 is 0. The molecule has 0 saturated carbocycles. The molecule has 1 amide bonds. The summed E-state index contributed by atoms with van der Waals surface area (Å²) < 4.78 is 40.5. The highest BCUT2D eigenvalue weighted by Crippen LogP contribution is 2.36. The van der Waals surface area contributed by atoms with E-state index in [1.165, 1.54) is 17.2 Å². The molecule has 3 rings (SSSR count). The Morgan fingerprint density at radius 1 is 1.40 bits per heavy atom. The molecule has 25 heavy (non-hydrogen) atoms. The van der Waals surface area contributed by atoms with E-state index in [2.05, 4.69) is 5.10 Å². The number of carbonyl (C=O) groups excluding carboxylic acids is 1. The SMILES string of the molecule is CCn1cc(C(=O)N2CC(O)CC2c2cccc(C(F)(F)F)c2)cn1. The van der Waals surface area contributed by atoms with Crippen LogP contribution in [0.3, 0.4) is 0 Å². The Morgan fingerprint density at radius 3 is 2.80 bits per heavy atom. The molecule has 2 heterocycles. The highest BCUT2D eigenvalue weighted by molar-refractivity contribution is 5.94. The Kier molecular flexibility index (Phi) is 4.55. The summed E-state index contributed by atoms with van der Waals surface area (Å²) in [4.78, 5) is 14.1. The van der Waals surface area contributed by atoms with Crippen molar-refractivity contribution in [3.05, 3.63) is 53.3 Å². The molecule has 2 unspecified atom stereocenters. The van der Waals surface area contributed by atoms with E-state index in [1.807, 2.05) is 6.92 Å². The normalized spacial score (nSPS) is 20.9. The van der Waals surface area contributed by atoms with Gasteiger partial charge in [0.15, 0.2) is 0 Å². The van der Waals surface area contributed by atoms with E-state index in [1.54, 1.807) is 16.9 Å². The molecule has 1 fully saturated rings. The first-order chi connectivity index (χ1) is 11.8. The van der Waals surface area contributed by atoms with Gasteiger partial charge in [-0.1, -0.05) is 12.1 Å². The topological polar surface area (TPSA) is 58.4 Å². The second-order valence-corrected chi connectivity index (χ2v) is 6.07. The number of nitrogens with zero attached hydrogens (tertiary/aromatic N) is 3. The van der Waals surface area contributed by atoms with E-state index < -0.39 is 23.9 Å². The van der Waals surface area contributed by atoms with E-state index in [-0.39, 0.29) is 18.9 Å². The molecule has 1 aromatic heterocycles. The Labute approximate surface area is 142 Å². The predicted molar refractivity (Wildman–Crippen MR) is 83.7 cm³/mol. The van der Waals surface area contributed by atoms with Crippen molar-refractivity contribution in [3.8, 4) is 0 Å². The van der Waals surface area contributed by atoms with Crippen molar-refractivity contribution < 1.29 is 23.1 Å². The summed E-state index contributed by atoms with van der Waals surface area (Å²) in [7, 11) is 0. The molecule has 0 aliphatic carbocycles. The number of halogens is 3. The summed E-state index contributed by atoms with van der Waals surface area (Å²) in [5.74, 6) is -0.348. The zero-order valence-electron chi connectivity index (χ0n) is 13.6. The van der Waals surface area contributed by atoms with Gasteiger partial charge in [0, 0.05) is 19.3 Å². The first-order valence-corrected chi connectivity index (χ1v) is 7.98. The number of alkyl halides is 3. The zero-order chi connectivity index (χ0) is 18.2. The van der Waals surface area contributed by atoms with Crippen LogP contribution in [0.2, 0.25) is 0 Å². The first-order valence-electron chi connectivity index (χ1n) is 7.98. The minimum Gasteiger partial charge on any atom is -0.391 e. The Bertz CT molecular complexity index is 772. The number of carbonyl (C=O) groups is 1. The van der Waals surface area contributed by atoms with E-state index in [4.69, 9.17) is 0 Å². The molecule has 1 N–H and O–H groups in total. The van der Waals surface area contributed by atoms with Gasteiger partial charge in [-0.25, -0.2) is 0 Å². The molecule has 1 saturated heterocycles. The van der Waals surface area contributed by atoms with Crippen LogP contribution in [0.5, 0.6) is 0 Å². The maximum atomic E-state index is 13.0. The Morgan fingerprint density at radius 2 is 2.16 bits per heavy atom. The third kappa shape index (κ3) is 3.53. The number of amides is 1.